The third kappa shape index (κ3) is 39.7. The Morgan fingerprint density at radius 3 is 0.941 bits per heavy atom. The molecule has 0 amide bonds. The highest BCUT2D eigenvalue weighted by atomic mass is 32.3. The zero-order valence-corrected chi connectivity index (χ0v) is 10.3. The molecular weight excluding hydrogens is 276 g/mol. The topological polar surface area (TPSA) is 138 Å². The summed E-state index contributed by atoms with van der Waals surface area (Å²) in [6.07, 6.45) is 0. The summed E-state index contributed by atoms with van der Waals surface area (Å²) in [5.41, 5.74) is 0. The standard InChI is InChI=1S/C6H6.CH4O4S.H2O4S/c1-2-4-6-5-3-1;1-5-6(2,3)4;1-5(2,3)4/h1-6H;1H3,(H,2,3,4);(H2,1,2,3,4). The molecule has 0 heterocycles. The van der Waals surface area contributed by atoms with Gasteiger partial charge in [0.05, 0.1) is 7.11 Å². The SMILES string of the molecule is COS(=O)(=O)O.O=S(=O)(O)O.c1ccccc1. The summed E-state index contributed by atoms with van der Waals surface area (Å²) < 4.78 is 61.3. The molecule has 17 heavy (non-hydrogen) atoms. The third-order valence-electron chi connectivity index (χ3n) is 0.877. The third-order valence-corrected chi connectivity index (χ3v) is 1.30. The van der Waals surface area contributed by atoms with Gasteiger partial charge in [-0.25, -0.2) is 0 Å². The maximum Gasteiger partial charge on any atom is 0.397 e. The van der Waals surface area contributed by atoms with Crippen molar-refractivity contribution in [2.24, 2.45) is 0 Å². The van der Waals surface area contributed by atoms with E-state index in [1.807, 2.05) is 36.4 Å². The molecule has 100 valence electrons. The summed E-state index contributed by atoms with van der Waals surface area (Å²) in [4.78, 5) is 0. The van der Waals surface area contributed by atoms with Gasteiger partial charge >= 0.3 is 20.8 Å². The molecule has 10 heteroatoms. The number of hydrogen-bond acceptors (Lipinski definition) is 5. The smallest absolute Gasteiger partial charge is 0.264 e. The molecule has 1 aromatic rings. The van der Waals surface area contributed by atoms with E-state index in [9.17, 15) is 8.42 Å². The lowest BCUT2D eigenvalue weighted by molar-refractivity contribution is 0.324. The fraction of sp³-hybridized carbons (Fsp3) is 0.143. The predicted molar refractivity (Wildman–Crippen MR) is 59.2 cm³/mol. The van der Waals surface area contributed by atoms with E-state index in [1.165, 1.54) is 0 Å². The Morgan fingerprint density at radius 2 is 0.882 bits per heavy atom. The maximum atomic E-state index is 9.33. The first-order chi connectivity index (χ1) is 7.56. The maximum absolute atomic E-state index is 9.33. The number of benzene rings is 1. The molecule has 0 bridgehead atoms. The molecule has 0 saturated heterocycles. The Morgan fingerprint density at radius 1 is 0.765 bits per heavy atom. The second-order valence-electron chi connectivity index (χ2n) is 2.20. The molecule has 0 aliphatic heterocycles. The Bertz CT molecular complexity index is 429. The van der Waals surface area contributed by atoms with Crippen LogP contribution in [-0.4, -0.2) is 37.6 Å². The average Bonchev–Trinajstić information content (AvgIpc) is 2.18. The molecule has 1 aromatic carbocycles. The van der Waals surface area contributed by atoms with Crippen LogP contribution in [0.1, 0.15) is 0 Å². The number of rotatable bonds is 1. The van der Waals surface area contributed by atoms with Crippen LogP contribution < -0.4 is 0 Å². The van der Waals surface area contributed by atoms with Crippen LogP contribution in [0.2, 0.25) is 0 Å². The van der Waals surface area contributed by atoms with E-state index in [4.69, 9.17) is 22.1 Å². The summed E-state index contributed by atoms with van der Waals surface area (Å²) >= 11 is 0. The van der Waals surface area contributed by atoms with Crippen LogP contribution in [0, 0.1) is 0 Å². The minimum Gasteiger partial charge on any atom is -0.264 e. The molecule has 0 aliphatic rings. The van der Waals surface area contributed by atoms with E-state index in [-0.39, 0.29) is 0 Å². The van der Waals surface area contributed by atoms with Gasteiger partial charge < -0.3 is 0 Å². The second-order valence-corrected chi connectivity index (χ2v) is 4.28. The van der Waals surface area contributed by atoms with Crippen LogP contribution in [0.3, 0.4) is 0 Å². The fourth-order valence-electron chi connectivity index (χ4n) is 0.385. The van der Waals surface area contributed by atoms with Crippen LogP contribution in [0.5, 0.6) is 0 Å². The average molecular weight is 288 g/mol. The van der Waals surface area contributed by atoms with Crippen molar-refractivity contribution in [3.63, 3.8) is 0 Å². The lowest BCUT2D eigenvalue weighted by atomic mass is 10.4. The van der Waals surface area contributed by atoms with Crippen molar-refractivity contribution in [2.75, 3.05) is 7.11 Å². The van der Waals surface area contributed by atoms with Crippen LogP contribution in [0.4, 0.5) is 0 Å². The molecular formula is C7H12O8S2. The highest BCUT2D eigenvalue weighted by molar-refractivity contribution is 7.80. The molecule has 0 spiro atoms. The number of hydrogen-bond donors (Lipinski definition) is 3. The summed E-state index contributed by atoms with van der Waals surface area (Å²) in [7, 11) is -7.96. The summed E-state index contributed by atoms with van der Waals surface area (Å²) in [6, 6.07) is 12.0. The molecule has 8 nitrogen and oxygen atoms in total. The van der Waals surface area contributed by atoms with Crippen LogP contribution >= 0.6 is 0 Å². The van der Waals surface area contributed by atoms with Gasteiger partial charge in [-0.2, -0.15) is 16.8 Å². The van der Waals surface area contributed by atoms with Gasteiger partial charge in [0.1, 0.15) is 0 Å². The Labute approximate surface area is 99.4 Å². The van der Waals surface area contributed by atoms with Gasteiger partial charge in [0, 0.05) is 0 Å². The van der Waals surface area contributed by atoms with Gasteiger partial charge in [-0.15, -0.1) is 0 Å². The van der Waals surface area contributed by atoms with E-state index in [2.05, 4.69) is 4.18 Å². The van der Waals surface area contributed by atoms with E-state index < -0.39 is 20.8 Å². The molecule has 0 unspecified atom stereocenters. The lowest BCUT2D eigenvalue weighted by Crippen LogP contribution is -1.96. The molecule has 0 atom stereocenters. The van der Waals surface area contributed by atoms with Crippen molar-refractivity contribution < 1.29 is 34.7 Å². The predicted octanol–water partition coefficient (Wildman–Crippen LogP) is 0.469. The van der Waals surface area contributed by atoms with E-state index in [1.54, 1.807) is 0 Å². The molecule has 0 aliphatic carbocycles. The van der Waals surface area contributed by atoms with Crippen molar-refractivity contribution in [1.82, 2.24) is 0 Å². The summed E-state index contributed by atoms with van der Waals surface area (Å²) in [6.45, 7) is 0. The highest BCUT2D eigenvalue weighted by Gasteiger charge is 1.94. The quantitative estimate of drug-likeness (QED) is 0.634. The minimum atomic E-state index is -4.67. The highest BCUT2D eigenvalue weighted by Crippen LogP contribution is 1.79. The van der Waals surface area contributed by atoms with Gasteiger partial charge in [0.2, 0.25) is 0 Å². The van der Waals surface area contributed by atoms with Gasteiger partial charge in [-0.3, -0.25) is 17.8 Å². The van der Waals surface area contributed by atoms with Gasteiger partial charge in [0.15, 0.2) is 0 Å². The summed E-state index contributed by atoms with van der Waals surface area (Å²) in [5.74, 6) is 0. The van der Waals surface area contributed by atoms with E-state index >= 15 is 0 Å². The normalized spacial score (nSPS) is 10.4. The van der Waals surface area contributed by atoms with Crippen molar-refractivity contribution in [1.29, 1.82) is 0 Å². The Balaban J connectivity index is 0. The van der Waals surface area contributed by atoms with Gasteiger partial charge in [-0.1, -0.05) is 36.4 Å². The Hall–Kier alpha value is -1.04. The van der Waals surface area contributed by atoms with Gasteiger partial charge in [0.25, 0.3) is 0 Å². The van der Waals surface area contributed by atoms with E-state index in [0.717, 1.165) is 7.11 Å². The molecule has 1 rings (SSSR count). The van der Waals surface area contributed by atoms with E-state index in [0.29, 0.717) is 0 Å². The van der Waals surface area contributed by atoms with Crippen molar-refractivity contribution in [2.45, 2.75) is 0 Å². The first kappa shape index (κ1) is 18.3. The summed E-state index contributed by atoms with van der Waals surface area (Å²) in [5, 5.41) is 0. The van der Waals surface area contributed by atoms with Crippen LogP contribution in [0.15, 0.2) is 36.4 Å². The van der Waals surface area contributed by atoms with Crippen LogP contribution in [-0.2, 0) is 25.0 Å². The minimum absolute atomic E-state index is 0.870. The first-order valence-corrected chi connectivity index (χ1v) is 6.55. The van der Waals surface area contributed by atoms with Gasteiger partial charge in [-0.05, 0) is 0 Å². The molecule has 0 radical (unpaired) electrons. The molecule has 3 N–H and O–H groups in total. The zero-order chi connectivity index (χ0) is 13.9. The fourth-order valence-corrected chi connectivity index (χ4v) is 0.385. The first-order valence-electron chi connectivity index (χ1n) is 3.79. The van der Waals surface area contributed by atoms with Crippen molar-refractivity contribution in [3.05, 3.63) is 36.4 Å². The second kappa shape index (κ2) is 9.04. The monoisotopic (exact) mass is 288 g/mol. The largest absolute Gasteiger partial charge is 0.397 e. The van der Waals surface area contributed by atoms with Crippen LogP contribution in [0.25, 0.3) is 0 Å². The molecule has 0 aromatic heterocycles. The molecule has 0 saturated carbocycles. The van der Waals surface area contributed by atoms with Crippen molar-refractivity contribution >= 4 is 20.8 Å². The Kier molecular flexibility index (Phi) is 9.74. The zero-order valence-electron chi connectivity index (χ0n) is 8.66. The van der Waals surface area contributed by atoms with Crippen molar-refractivity contribution in [3.8, 4) is 0 Å². The molecule has 0 fully saturated rings. The lowest BCUT2D eigenvalue weighted by Gasteiger charge is -1.82.